The molecule has 32 heavy (non-hydrogen) atoms. The molecule has 3 heterocycles. The van der Waals surface area contributed by atoms with Crippen molar-refractivity contribution in [3.63, 3.8) is 0 Å². The number of nitrogens with zero attached hydrogens (tertiary/aromatic N) is 4. The van der Waals surface area contributed by atoms with Crippen LogP contribution in [0.15, 0.2) is 58.2 Å². The third-order valence-electron chi connectivity index (χ3n) is 5.75. The van der Waals surface area contributed by atoms with Crippen LogP contribution < -0.4 is 4.74 Å². The number of hydrogen-bond donors (Lipinski definition) is 0. The summed E-state index contributed by atoms with van der Waals surface area (Å²) in [6, 6.07) is 12.1. The first-order chi connectivity index (χ1) is 15.5. The van der Waals surface area contributed by atoms with Gasteiger partial charge in [-0.1, -0.05) is 24.6 Å². The second-order valence-electron chi connectivity index (χ2n) is 7.79. The van der Waals surface area contributed by atoms with Crippen molar-refractivity contribution in [2.24, 2.45) is 0 Å². The third-order valence-corrected chi connectivity index (χ3v) is 7.90. The maximum absolute atomic E-state index is 13.6. The summed E-state index contributed by atoms with van der Waals surface area (Å²) in [6.45, 7) is 0. The molecule has 0 atom stereocenters. The number of rotatable bonds is 4. The first-order valence-electron chi connectivity index (χ1n) is 10.4. The lowest BCUT2D eigenvalue weighted by Gasteiger charge is -2.23. The Bertz CT molecular complexity index is 1470. The van der Waals surface area contributed by atoms with E-state index in [0.717, 1.165) is 25.7 Å². The van der Waals surface area contributed by atoms with Gasteiger partial charge in [-0.3, -0.25) is 0 Å². The number of ether oxygens (including phenoxy) is 1. The molecule has 3 aromatic heterocycles. The number of halogens is 1. The van der Waals surface area contributed by atoms with Crippen molar-refractivity contribution < 1.29 is 13.2 Å². The number of benzene rings is 1. The average Bonchev–Trinajstić information content (AvgIpc) is 3.15. The number of fused-ring (bicyclic) bond motifs is 3. The van der Waals surface area contributed by atoms with Crippen molar-refractivity contribution in [3.05, 3.63) is 59.0 Å². The van der Waals surface area contributed by atoms with E-state index in [2.05, 4.69) is 32.0 Å². The highest BCUT2D eigenvalue weighted by molar-refractivity contribution is 9.10. The summed E-state index contributed by atoms with van der Waals surface area (Å²) in [6.07, 6.45) is 8.01. The molecule has 0 saturated heterocycles. The summed E-state index contributed by atoms with van der Waals surface area (Å²) in [4.78, 5) is 8.83. The molecule has 0 aliphatic heterocycles. The Labute approximate surface area is 193 Å². The number of aromatic nitrogens is 3. The number of hydrogen-bond acceptors (Lipinski definition) is 6. The zero-order valence-electron chi connectivity index (χ0n) is 17.0. The van der Waals surface area contributed by atoms with Crippen LogP contribution in [0.1, 0.15) is 37.8 Å². The van der Waals surface area contributed by atoms with E-state index in [4.69, 9.17) is 4.74 Å². The van der Waals surface area contributed by atoms with Crippen molar-refractivity contribution in [2.45, 2.75) is 43.1 Å². The minimum Gasteiger partial charge on any atom is -0.487 e. The summed E-state index contributed by atoms with van der Waals surface area (Å²) >= 11 is 3.44. The zero-order valence-corrected chi connectivity index (χ0v) is 19.4. The first kappa shape index (κ1) is 20.9. The van der Waals surface area contributed by atoms with Crippen LogP contribution in [0.5, 0.6) is 5.75 Å². The highest BCUT2D eigenvalue weighted by atomic mass is 79.9. The van der Waals surface area contributed by atoms with Crippen LogP contribution in [-0.2, 0) is 10.0 Å². The van der Waals surface area contributed by atoms with Crippen LogP contribution in [0.4, 0.5) is 0 Å². The number of nitriles is 1. The smallest absolute Gasteiger partial charge is 0.269 e. The largest absolute Gasteiger partial charge is 0.487 e. The molecule has 0 N–H and O–H groups in total. The zero-order chi connectivity index (χ0) is 22.3. The first-order valence-corrected chi connectivity index (χ1v) is 12.6. The molecule has 1 aliphatic carbocycles. The molecule has 162 valence electrons. The molecule has 9 heteroatoms. The normalized spacial score (nSPS) is 15.1. The van der Waals surface area contributed by atoms with E-state index in [1.807, 2.05) is 0 Å². The lowest BCUT2D eigenvalue weighted by atomic mass is 9.97. The fraction of sp³-hybridized carbons (Fsp3) is 0.261. The monoisotopic (exact) mass is 510 g/mol. The second-order valence-corrected chi connectivity index (χ2v) is 10.5. The molecule has 1 aromatic carbocycles. The Kier molecular flexibility index (Phi) is 5.35. The Balaban J connectivity index is 1.85. The average molecular weight is 511 g/mol. The van der Waals surface area contributed by atoms with Crippen molar-refractivity contribution in [1.82, 2.24) is 13.9 Å². The van der Waals surface area contributed by atoms with Gasteiger partial charge in [0.05, 0.1) is 28.1 Å². The maximum Gasteiger partial charge on any atom is 0.269 e. The molecule has 0 bridgehead atoms. The van der Waals surface area contributed by atoms with Crippen LogP contribution in [0.25, 0.3) is 21.9 Å². The Morgan fingerprint density at radius 2 is 1.84 bits per heavy atom. The summed E-state index contributed by atoms with van der Waals surface area (Å²) < 4.78 is 35.5. The Morgan fingerprint density at radius 3 is 2.56 bits per heavy atom. The van der Waals surface area contributed by atoms with Gasteiger partial charge in [0.1, 0.15) is 6.07 Å². The molecule has 0 spiro atoms. The molecular weight excluding hydrogens is 492 g/mol. The fourth-order valence-corrected chi connectivity index (χ4v) is 6.09. The summed E-state index contributed by atoms with van der Waals surface area (Å²) in [5, 5.41) is 10.9. The SMILES string of the molecule is N#Cc1ncc2c(c1OC1CCCCC1)c1cc(Br)cnc1n2S(=O)(=O)c1ccccc1. The molecule has 7 nitrogen and oxygen atoms in total. The standard InChI is InChI=1S/C23H19BrN4O3S/c24-15-11-18-21-20(14-26-19(12-25)22(21)31-16-7-3-1-4-8-16)28(23(18)27-13-15)32(29,30)17-9-5-2-6-10-17/h2,5-6,9-11,13-14,16H,1,3-4,7-8H2. The highest BCUT2D eigenvalue weighted by Gasteiger charge is 2.29. The lowest BCUT2D eigenvalue weighted by Crippen LogP contribution is -2.20. The van der Waals surface area contributed by atoms with Crippen molar-refractivity contribution in [2.75, 3.05) is 0 Å². The molecule has 0 amide bonds. The Hall–Kier alpha value is -2.96. The minimum absolute atomic E-state index is 0.0347. The fourth-order valence-electron chi connectivity index (χ4n) is 4.28. The van der Waals surface area contributed by atoms with Crippen molar-refractivity contribution >= 4 is 47.9 Å². The minimum atomic E-state index is -3.97. The lowest BCUT2D eigenvalue weighted by molar-refractivity contribution is 0.156. The van der Waals surface area contributed by atoms with Gasteiger partial charge < -0.3 is 4.74 Å². The van der Waals surface area contributed by atoms with Gasteiger partial charge in [0.25, 0.3) is 10.0 Å². The van der Waals surface area contributed by atoms with Gasteiger partial charge in [0, 0.05) is 16.1 Å². The Morgan fingerprint density at radius 1 is 1.09 bits per heavy atom. The van der Waals surface area contributed by atoms with E-state index in [-0.39, 0.29) is 22.3 Å². The van der Waals surface area contributed by atoms with E-state index in [1.165, 1.54) is 16.6 Å². The molecule has 5 rings (SSSR count). The summed E-state index contributed by atoms with van der Waals surface area (Å²) in [5.41, 5.74) is 0.732. The van der Waals surface area contributed by atoms with E-state index in [1.54, 1.807) is 42.6 Å². The van der Waals surface area contributed by atoms with Gasteiger partial charge >= 0.3 is 0 Å². The van der Waals surface area contributed by atoms with E-state index < -0.39 is 10.0 Å². The molecular formula is C23H19BrN4O3S. The van der Waals surface area contributed by atoms with Gasteiger partial charge in [-0.15, -0.1) is 0 Å². The molecule has 1 saturated carbocycles. The molecule has 1 aliphatic rings. The van der Waals surface area contributed by atoms with Gasteiger partial charge in [-0.05, 0) is 59.8 Å². The van der Waals surface area contributed by atoms with Crippen molar-refractivity contribution in [1.29, 1.82) is 5.26 Å². The van der Waals surface area contributed by atoms with Gasteiger partial charge in [-0.25, -0.2) is 22.4 Å². The molecule has 0 radical (unpaired) electrons. The van der Waals surface area contributed by atoms with Crippen LogP contribution in [0.3, 0.4) is 0 Å². The summed E-state index contributed by atoms with van der Waals surface area (Å²) in [7, 11) is -3.97. The van der Waals surface area contributed by atoms with Crippen LogP contribution in [-0.4, -0.2) is 28.5 Å². The predicted octanol–water partition coefficient (Wildman–Crippen LogP) is 5.17. The van der Waals surface area contributed by atoms with E-state index in [9.17, 15) is 13.7 Å². The second kappa shape index (κ2) is 8.19. The molecule has 4 aromatic rings. The predicted molar refractivity (Wildman–Crippen MR) is 124 cm³/mol. The van der Waals surface area contributed by atoms with Crippen LogP contribution in [0.2, 0.25) is 0 Å². The quantitative estimate of drug-likeness (QED) is 0.375. The maximum atomic E-state index is 13.6. The van der Waals surface area contributed by atoms with Gasteiger partial charge in [-0.2, -0.15) is 5.26 Å². The van der Waals surface area contributed by atoms with E-state index >= 15 is 0 Å². The van der Waals surface area contributed by atoms with Crippen molar-refractivity contribution in [3.8, 4) is 11.8 Å². The topological polar surface area (TPSA) is 97.9 Å². The van der Waals surface area contributed by atoms with Crippen LogP contribution in [0, 0.1) is 11.3 Å². The number of pyridine rings is 2. The van der Waals surface area contributed by atoms with E-state index in [0.29, 0.717) is 26.5 Å². The third kappa shape index (κ3) is 3.44. The van der Waals surface area contributed by atoms with Gasteiger partial charge in [0.15, 0.2) is 17.1 Å². The molecule has 0 unspecified atom stereocenters. The van der Waals surface area contributed by atoms with Gasteiger partial charge in [0.2, 0.25) is 0 Å². The summed E-state index contributed by atoms with van der Waals surface area (Å²) in [5.74, 6) is 0.323. The molecule has 1 fully saturated rings. The highest BCUT2D eigenvalue weighted by Crippen LogP contribution is 2.40. The van der Waals surface area contributed by atoms with Crippen LogP contribution >= 0.6 is 15.9 Å².